The van der Waals surface area contributed by atoms with Gasteiger partial charge in [-0.1, -0.05) is 6.92 Å². The molecule has 12 heavy (non-hydrogen) atoms. The zero-order valence-electron chi connectivity index (χ0n) is 7.32. The van der Waals surface area contributed by atoms with Crippen LogP contribution in [0.4, 0.5) is 5.95 Å². The summed E-state index contributed by atoms with van der Waals surface area (Å²) in [5.74, 6) is 0.377. The lowest BCUT2D eigenvalue weighted by Gasteiger charge is -2.10. The number of aromatic nitrogens is 3. The van der Waals surface area contributed by atoms with Gasteiger partial charge in [-0.2, -0.15) is 0 Å². The molecule has 1 aromatic heterocycles. The maximum absolute atomic E-state index is 5.42. The summed E-state index contributed by atoms with van der Waals surface area (Å²) in [5, 5.41) is 4.07. The topological polar surface area (TPSA) is 56.7 Å². The summed E-state index contributed by atoms with van der Waals surface area (Å²) >= 11 is 0. The van der Waals surface area contributed by atoms with Gasteiger partial charge < -0.3 is 5.73 Å². The van der Waals surface area contributed by atoms with Gasteiger partial charge in [0.05, 0.1) is 0 Å². The van der Waals surface area contributed by atoms with Crippen molar-refractivity contribution in [2.75, 3.05) is 5.73 Å². The van der Waals surface area contributed by atoms with Gasteiger partial charge in [0, 0.05) is 6.54 Å². The van der Waals surface area contributed by atoms with Gasteiger partial charge >= 0.3 is 0 Å². The first kappa shape index (κ1) is 7.58. The van der Waals surface area contributed by atoms with Crippen molar-refractivity contribution in [3.63, 3.8) is 0 Å². The Morgan fingerprint density at radius 3 is 2.83 bits per heavy atom. The van der Waals surface area contributed by atoms with Crippen molar-refractivity contribution in [2.45, 2.75) is 32.7 Å². The van der Waals surface area contributed by atoms with Crippen molar-refractivity contribution in [3.8, 4) is 0 Å². The van der Waals surface area contributed by atoms with E-state index in [0.717, 1.165) is 6.54 Å². The molecule has 66 valence electrons. The van der Waals surface area contributed by atoms with E-state index < -0.39 is 0 Å². The molecule has 1 heterocycles. The summed E-state index contributed by atoms with van der Waals surface area (Å²) in [6.45, 7) is 3.21. The van der Waals surface area contributed by atoms with Crippen molar-refractivity contribution in [1.29, 1.82) is 0 Å². The minimum Gasteiger partial charge on any atom is -0.367 e. The van der Waals surface area contributed by atoms with Crippen LogP contribution in [0.25, 0.3) is 0 Å². The molecule has 0 aromatic carbocycles. The van der Waals surface area contributed by atoms with Crippen molar-refractivity contribution < 1.29 is 0 Å². The fraction of sp³-hybridized carbons (Fsp3) is 0.750. The van der Waals surface area contributed by atoms with Crippen molar-refractivity contribution in [2.24, 2.45) is 5.41 Å². The van der Waals surface area contributed by atoms with Crippen LogP contribution in [0.15, 0.2) is 6.33 Å². The van der Waals surface area contributed by atoms with Crippen LogP contribution in [0.5, 0.6) is 0 Å². The molecule has 0 atom stereocenters. The Balaban J connectivity index is 2.04. The smallest absolute Gasteiger partial charge is 0.239 e. The molecule has 1 aromatic rings. The van der Waals surface area contributed by atoms with Crippen LogP contribution in [0.1, 0.15) is 26.2 Å². The van der Waals surface area contributed by atoms with Gasteiger partial charge in [-0.3, -0.25) is 4.68 Å². The number of nitrogens with two attached hydrogens (primary N) is 1. The van der Waals surface area contributed by atoms with E-state index >= 15 is 0 Å². The van der Waals surface area contributed by atoms with E-state index in [1.165, 1.54) is 19.3 Å². The molecule has 0 aliphatic heterocycles. The van der Waals surface area contributed by atoms with E-state index in [1.807, 2.05) is 4.68 Å². The fourth-order valence-electron chi connectivity index (χ4n) is 1.53. The summed E-state index contributed by atoms with van der Waals surface area (Å²) in [6.07, 6.45) is 5.59. The van der Waals surface area contributed by atoms with Crippen LogP contribution in [-0.2, 0) is 6.54 Å². The van der Waals surface area contributed by atoms with E-state index in [-0.39, 0.29) is 0 Å². The minimum atomic E-state index is 0.377. The van der Waals surface area contributed by atoms with Gasteiger partial charge in [-0.15, -0.1) is 5.10 Å². The van der Waals surface area contributed by atoms with E-state index in [1.54, 1.807) is 6.33 Å². The molecule has 1 saturated carbocycles. The number of nitrogen functional groups attached to an aromatic ring is 1. The lowest BCUT2D eigenvalue weighted by atomic mass is 10.0. The third kappa shape index (κ3) is 1.29. The van der Waals surface area contributed by atoms with Crippen molar-refractivity contribution in [3.05, 3.63) is 6.33 Å². The van der Waals surface area contributed by atoms with E-state index in [0.29, 0.717) is 11.4 Å². The van der Waals surface area contributed by atoms with Crippen molar-refractivity contribution in [1.82, 2.24) is 14.8 Å². The molecule has 2 N–H and O–H groups in total. The zero-order chi connectivity index (χ0) is 8.60. The minimum absolute atomic E-state index is 0.377. The molecule has 1 aliphatic rings. The Morgan fingerprint density at radius 2 is 2.42 bits per heavy atom. The van der Waals surface area contributed by atoms with Crippen LogP contribution in [0, 0.1) is 5.41 Å². The molecule has 0 amide bonds. The van der Waals surface area contributed by atoms with Crippen LogP contribution in [0.2, 0.25) is 0 Å². The van der Waals surface area contributed by atoms with Gasteiger partial charge in [-0.05, 0) is 24.7 Å². The molecule has 0 bridgehead atoms. The summed E-state index contributed by atoms with van der Waals surface area (Å²) in [5.41, 5.74) is 5.93. The Kier molecular flexibility index (Phi) is 1.56. The van der Waals surface area contributed by atoms with Crippen LogP contribution >= 0.6 is 0 Å². The van der Waals surface area contributed by atoms with E-state index in [2.05, 4.69) is 17.0 Å². The number of hydrogen-bond donors (Lipinski definition) is 1. The predicted octanol–water partition coefficient (Wildman–Crippen LogP) is 1.05. The van der Waals surface area contributed by atoms with Crippen LogP contribution in [0.3, 0.4) is 0 Å². The maximum atomic E-state index is 5.42. The first-order chi connectivity index (χ1) is 5.74. The summed E-state index contributed by atoms with van der Waals surface area (Å²) in [6, 6.07) is 0. The molecule has 1 aliphatic carbocycles. The van der Waals surface area contributed by atoms with E-state index in [4.69, 9.17) is 5.73 Å². The molecule has 0 radical (unpaired) electrons. The second kappa shape index (κ2) is 2.47. The average Bonchev–Trinajstić information content (AvgIpc) is 2.71. The number of hydrogen-bond acceptors (Lipinski definition) is 3. The Hall–Kier alpha value is -1.06. The highest BCUT2D eigenvalue weighted by atomic mass is 15.4. The molecular formula is C8H14N4. The summed E-state index contributed by atoms with van der Waals surface area (Å²) in [7, 11) is 0. The number of nitrogens with zero attached hydrogens (tertiary/aromatic N) is 3. The normalized spacial score (nSPS) is 19.4. The lowest BCUT2D eigenvalue weighted by molar-refractivity contribution is 0.385. The zero-order valence-corrected chi connectivity index (χ0v) is 7.32. The highest BCUT2D eigenvalue weighted by molar-refractivity contribution is 5.09. The third-order valence-electron chi connectivity index (χ3n) is 2.76. The average molecular weight is 166 g/mol. The fourth-order valence-corrected chi connectivity index (χ4v) is 1.53. The highest BCUT2D eigenvalue weighted by Gasteiger charge is 2.41. The number of rotatable bonds is 3. The predicted molar refractivity (Wildman–Crippen MR) is 46.4 cm³/mol. The van der Waals surface area contributed by atoms with Gasteiger partial charge in [0.2, 0.25) is 5.95 Å². The molecule has 1 fully saturated rings. The Morgan fingerprint density at radius 1 is 1.67 bits per heavy atom. The quantitative estimate of drug-likeness (QED) is 0.730. The first-order valence-electron chi connectivity index (χ1n) is 4.39. The highest BCUT2D eigenvalue weighted by Crippen LogP contribution is 2.49. The third-order valence-corrected chi connectivity index (χ3v) is 2.76. The molecule has 0 saturated heterocycles. The Bertz CT molecular complexity index is 274. The second-order valence-electron chi connectivity index (χ2n) is 3.65. The van der Waals surface area contributed by atoms with E-state index in [9.17, 15) is 0 Å². The standard InChI is InChI=1S/C8H14N4/c1-2-8(3-4-8)5-12-6-10-7(9)11-12/h6H,2-5H2,1H3,(H2,9,11). The monoisotopic (exact) mass is 166 g/mol. The number of anilines is 1. The van der Waals surface area contributed by atoms with Gasteiger partial charge in [0.1, 0.15) is 6.33 Å². The first-order valence-corrected chi connectivity index (χ1v) is 4.39. The molecule has 4 heteroatoms. The summed E-state index contributed by atoms with van der Waals surface area (Å²) < 4.78 is 1.85. The van der Waals surface area contributed by atoms with Gasteiger partial charge in [0.15, 0.2) is 0 Å². The maximum Gasteiger partial charge on any atom is 0.239 e. The molecule has 0 unspecified atom stereocenters. The Labute approximate surface area is 71.8 Å². The molecular weight excluding hydrogens is 152 g/mol. The van der Waals surface area contributed by atoms with Gasteiger partial charge in [-0.25, -0.2) is 4.98 Å². The lowest BCUT2D eigenvalue weighted by Crippen LogP contribution is -2.11. The van der Waals surface area contributed by atoms with Crippen molar-refractivity contribution >= 4 is 5.95 Å². The van der Waals surface area contributed by atoms with Crippen LogP contribution in [-0.4, -0.2) is 14.8 Å². The molecule has 0 spiro atoms. The second-order valence-corrected chi connectivity index (χ2v) is 3.65. The van der Waals surface area contributed by atoms with Gasteiger partial charge in [0.25, 0.3) is 0 Å². The summed E-state index contributed by atoms with van der Waals surface area (Å²) in [4.78, 5) is 3.89. The molecule has 4 nitrogen and oxygen atoms in total. The van der Waals surface area contributed by atoms with Crippen LogP contribution < -0.4 is 5.73 Å². The molecule has 2 rings (SSSR count). The SMILES string of the molecule is CCC1(Cn2cnc(N)n2)CC1. The largest absolute Gasteiger partial charge is 0.367 e.